The molecule has 1 heterocycles. The minimum absolute atomic E-state index is 0.484. The molecule has 0 bridgehead atoms. The standard InChI is InChI=1S/C9H15N3O3S/c1-3-10-7(8(13)14)4-5-16-9-12-11-6(2)15-9/h7,10H,3-5H2,1-2H3,(H,13,14). The fraction of sp³-hybridized carbons (Fsp3) is 0.667. The molecule has 1 rings (SSSR count). The minimum atomic E-state index is -0.829. The van der Waals surface area contributed by atoms with Crippen molar-refractivity contribution in [2.24, 2.45) is 0 Å². The van der Waals surface area contributed by atoms with Crippen LogP contribution in [0.1, 0.15) is 19.2 Å². The number of hydrogen-bond acceptors (Lipinski definition) is 6. The summed E-state index contributed by atoms with van der Waals surface area (Å²) in [5.74, 6) is 0.319. The Balaban J connectivity index is 2.30. The smallest absolute Gasteiger partial charge is 0.320 e. The molecule has 0 aliphatic carbocycles. The van der Waals surface area contributed by atoms with Crippen LogP contribution in [0.5, 0.6) is 0 Å². The summed E-state index contributed by atoms with van der Waals surface area (Å²) in [5.41, 5.74) is 0. The predicted molar refractivity (Wildman–Crippen MR) is 59.5 cm³/mol. The van der Waals surface area contributed by atoms with Crippen molar-refractivity contribution in [3.05, 3.63) is 5.89 Å². The van der Waals surface area contributed by atoms with Crippen molar-refractivity contribution in [3.8, 4) is 0 Å². The Morgan fingerprint density at radius 2 is 2.38 bits per heavy atom. The molecule has 1 aromatic rings. The van der Waals surface area contributed by atoms with Crippen LogP contribution in [0.25, 0.3) is 0 Å². The molecule has 1 atom stereocenters. The van der Waals surface area contributed by atoms with Gasteiger partial charge in [-0.05, 0) is 13.0 Å². The zero-order valence-electron chi connectivity index (χ0n) is 9.27. The zero-order valence-corrected chi connectivity index (χ0v) is 10.1. The number of aliphatic carboxylic acids is 1. The summed E-state index contributed by atoms with van der Waals surface area (Å²) in [7, 11) is 0. The third kappa shape index (κ3) is 4.19. The number of aromatic nitrogens is 2. The van der Waals surface area contributed by atoms with E-state index in [0.717, 1.165) is 0 Å². The van der Waals surface area contributed by atoms with Crippen LogP contribution < -0.4 is 5.32 Å². The van der Waals surface area contributed by atoms with Crippen LogP contribution in [0.15, 0.2) is 9.64 Å². The molecule has 0 spiro atoms. The normalized spacial score (nSPS) is 12.6. The van der Waals surface area contributed by atoms with Gasteiger partial charge in [0.25, 0.3) is 5.22 Å². The van der Waals surface area contributed by atoms with Gasteiger partial charge in [-0.3, -0.25) is 4.79 Å². The molecule has 6 nitrogen and oxygen atoms in total. The van der Waals surface area contributed by atoms with Crippen LogP contribution >= 0.6 is 11.8 Å². The van der Waals surface area contributed by atoms with Crippen LogP contribution in [0.4, 0.5) is 0 Å². The maximum atomic E-state index is 10.8. The lowest BCUT2D eigenvalue weighted by Crippen LogP contribution is -2.36. The van der Waals surface area contributed by atoms with E-state index < -0.39 is 12.0 Å². The van der Waals surface area contributed by atoms with Crippen molar-refractivity contribution in [2.45, 2.75) is 31.5 Å². The molecule has 1 unspecified atom stereocenters. The third-order valence-corrected chi connectivity index (χ3v) is 2.74. The number of aryl methyl sites for hydroxylation is 1. The van der Waals surface area contributed by atoms with Crippen molar-refractivity contribution in [2.75, 3.05) is 12.3 Å². The maximum Gasteiger partial charge on any atom is 0.320 e. The van der Waals surface area contributed by atoms with Gasteiger partial charge < -0.3 is 14.8 Å². The molecular formula is C9H15N3O3S. The Hall–Kier alpha value is -1.08. The molecule has 0 aliphatic heterocycles. The second-order valence-electron chi connectivity index (χ2n) is 3.17. The van der Waals surface area contributed by atoms with Crippen LogP contribution in [0.2, 0.25) is 0 Å². The van der Waals surface area contributed by atoms with Crippen LogP contribution in [0.3, 0.4) is 0 Å². The highest BCUT2D eigenvalue weighted by Gasteiger charge is 2.15. The van der Waals surface area contributed by atoms with Gasteiger partial charge in [0.05, 0.1) is 0 Å². The summed E-state index contributed by atoms with van der Waals surface area (Å²) in [6.07, 6.45) is 0.523. The Labute approximate surface area is 97.8 Å². The number of rotatable bonds is 7. The molecule has 0 amide bonds. The van der Waals surface area contributed by atoms with Gasteiger partial charge in [-0.1, -0.05) is 18.7 Å². The molecule has 7 heteroatoms. The van der Waals surface area contributed by atoms with Crippen LogP contribution in [0, 0.1) is 6.92 Å². The fourth-order valence-electron chi connectivity index (χ4n) is 1.16. The van der Waals surface area contributed by atoms with Gasteiger partial charge in [0.2, 0.25) is 5.89 Å². The SMILES string of the molecule is CCNC(CCSc1nnc(C)o1)C(=O)O. The number of carboxylic acids is 1. The largest absolute Gasteiger partial charge is 0.480 e. The molecule has 0 fully saturated rings. The summed E-state index contributed by atoms with van der Waals surface area (Å²) in [4.78, 5) is 10.8. The highest BCUT2D eigenvalue weighted by molar-refractivity contribution is 7.99. The van der Waals surface area contributed by atoms with Gasteiger partial charge in [-0.15, -0.1) is 10.2 Å². The van der Waals surface area contributed by atoms with Crippen molar-refractivity contribution in [1.29, 1.82) is 0 Å². The average molecular weight is 245 g/mol. The molecule has 16 heavy (non-hydrogen) atoms. The number of nitrogens with one attached hydrogen (secondary N) is 1. The van der Waals surface area contributed by atoms with E-state index >= 15 is 0 Å². The molecule has 90 valence electrons. The lowest BCUT2D eigenvalue weighted by Gasteiger charge is -2.11. The minimum Gasteiger partial charge on any atom is -0.480 e. The molecule has 0 aromatic carbocycles. The average Bonchev–Trinajstić information content (AvgIpc) is 2.63. The van der Waals surface area contributed by atoms with E-state index in [1.165, 1.54) is 11.8 Å². The van der Waals surface area contributed by atoms with Gasteiger partial charge in [-0.25, -0.2) is 0 Å². The van der Waals surface area contributed by atoms with Gasteiger partial charge in [0, 0.05) is 12.7 Å². The molecule has 2 N–H and O–H groups in total. The topological polar surface area (TPSA) is 88.3 Å². The first-order valence-electron chi connectivity index (χ1n) is 5.02. The third-order valence-electron chi connectivity index (χ3n) is 1.89. The Morgan fingerprint density at radius 1 is 1.62 bits per heavy atom. The van der Waals surface area contributed by atoms with E-state index in [-0.39, 0.29) is 0 Å². The number of hydrogen-bond donors (Lipinski definition) is 2. The zero-order chi connectivity index (χ0) is 12.0. The number of carboxylic acid groups (broad SMARTS) is 1. The predicted octanol–water partition coefficient (Wildman–Crippen LogP) is 0.923. The highest BCUT2D eigenvalue weighted by atomic mass is 32.2. The molecule has 0 saturated heterocycles. The van der Waals surface area contributed by atoms with E-state index in [0.29, 0.717) is 29.8 Å². The van der Waals surface area contributed by atoms with Crippen molar-refractivity contribution >= 4 is 17.7 Å². The summed E-state index contributed by atoms with van der Waals surface area (Å²) in [5, 5.41) is 19.8. The number of likely N-dealkylation sites (N-methyl/N-ethyl adjacent to an activating group) is 1. The second-order valence-corrected chi connectivity index (χ2v) is 4.22. The molecule has 1 aromatic heterocycles. The van der Waals surface area contributed by atoms with Crippen molar-refractivity contribution < 1.29 is 14.3 Å². The van der Waals surface area contributed by atoms with Gasteiger partial charge in [0.15, 0.2) is 0 Å². The summed E-state index contributed by atoms with van der Waals surface area (Å²) in [6.45, 7) is 4.24. The van der Waals surface area contributed by atoms with Crippen molar-refractivity contribution in [3.63, 3.8) is 0 Å². The van der Waals surface area contributed by atoms with Crippen molar-refractivity contribution in [1.82, 2.24) is 15.5 Å². The highest BCUT2D eigenvalue weighted by Crippen LogP contribution is 2.17. The summed E-state index contributed by atoms with van der Waals surface area (Å²) < 4.78 is 5.16. The lowest BCUT2D eigenvalue weighted by molar-refractivity contribution is -0.139. The van der Waals surface area contributed by atoms with Gasteiger partial charge in [0.1, 0.15) is 6.04 Å². The first kappa shape index (κ1) is 13.0. The number of nitrogens with zero attached hydrogens (tertiary/aromatic N) is 2. The van der Waals surface area contributed by atoms with Crippen LogP contribution in [-0.4, -0.2) is 39.6 Å². The maximum absolute atomic E-state index is 10.8. The monoisotopic (exact) mass is 245 g/mol. The quantitative estimate of drug-likeness (QED) is 0.690. The number of carbonyl (C=O) groups is 1. The Kier molecular flexibility index (Phi) is 5.27. The molecular weight excluding hydrogens is 230 g/mol. The van der Waals surface area contributed by atoms with Gasteiger partial charge >= 0.3 is 5.97 Å². The van der Waals surface area contributed by atoms with E-state index in [2.05, 4.69) is 15.5 Å². The molecule has 0 radical (unpaired) electrons. The number of thioether (sulfide) groups is 1. The summed E-state index contributed by atoms with van der Waals surface area (Å²) >= 11 is 1.37. The molecule has 0 saturated carbocycles. The Bertz CT molecular complexity index is 342. The van der Waals surface area contributed by atoms with E-state index in [9.17, 15) is 4.79 Å². The first-order valence-corrected chi connectivity index (χ1v) is 6.01. The van der Waals surface area contributed by atoms with E-state index in [4.69, 9.17) is 9.52 Å². The second kappa shape index (κ2) is 6.49. The lowest BCUT2D eigenvalue weighted by atomic mass is 10.2. The van der Waals surface area contributed by atoms with E-state index in [1.807, 2.05) is 6.92 Å². The Morgan fingerprint density at radius 3 is 2.88 bits per heavy atom. The fourth-order valence-corrected chi connectivity index (χ4v) is 1.97. The summed E-state index contributed by atoms with van der Waals surface area (Å²) in [6, 6.07) is -0.512. The van der Waals surface area contributed by atoms with Crippen LogP contribution in [-0.2, 0) is 4.79 Å². The molecule has 0 aliphatic rings. The van der Waals surface area contributed by atoms with E-state index in [1.54, 1.807) is 6.92 Å². The first-order chi connectivity index (χ1) is 7.63. The van der Waals surface area contributed by atoms with Gasteiger partial charge in [-0.2, -0.15) is 0 Å².